The average Bonchev–Trinajstić information content (AvgIpc) is 2.90. The van der Waals surface area contributed by atoms with Gasteiger partial charge in [-0.05, 0) is 30.6 Å². The molecule has 18 heavy (non-hydrogen) atoms. The molecule has 0 spiro atoms. The Hall–Kier alpha value is -2.14. The lowest BCUT2D eigenvalue weighted by Crippen LogP contribution is -1.98. The molecule has 0 fully saturated rings. The summed E-state index contributed by atoms with van der Waals surface area (Å²) in [7, 11) is 0. The summed E-state index contributed by atoms with van der Waals surface area (Å²) in [5.74, 6) is 0. The van der Waals surface area contributed by atoms with Crippen molar-refractivity contribution in [3.8, 4) is 11.3 Å². The fourth-order valence-electron chi connectivity index (χ4n) is 2.28. The summed E-state index contributed by atoms with van der Waals surface area (Å²) in [6, 6.07) is 6.27. The summed E-state index contributed by atoms with van der Waals surface area (Å²) in [5, 5.41) is 8.92. The van der Waals surface area contributed by atoms with E-state index in [4.69, 9.17) is 10.4 Å². The first kappa shape index (κ1) is 11.0. The van der Waals surface area contributed by atoms with Crippen molar-refractivity contribution in [3.63, 3.8) is 0 Å². The van der Waals surface area contributed by atoms with Crippen molar-refractivity contribution in [2.45, 2.75) is 20.4 Å². The number of nitrogens with two attached hydrogens (primary N) is 1. The number of aromatic nitrogens is 3. The zero-order valence-electron chi connectivity index (χ0n) is 10.3. The maximum atomic E-state index is 5.65. The Morgan fingerprint density at radius 3 is 2.89 bits per heavy atom. The van der Waals surface area contributed by atoms with E-state index in [0.29, 0.717) is 12.2 Å². The molecule has 5 nitrogen and oxygen atoms in total. The highest BCUT2D eigenvalue weighted by Gasteiger charge is 2.18. The van der Waals surface area contributed by atoms with E-state index < -0.39 is 0 Å². The Morgan fingerprint density at radius 2 is 2.11 bits per heavy atom. The number of aromatic amines is 1. The maximum absolute atomic E-state index is 5.65. The van der Waals surface area contributed by atoms with E-state index in [-0.39, 0.29) is 0 Å². The average molecular weight is 242 g/mol. The number of nitrogens with one attached hydrogen (secondary N) is 1. The monoisotopic (exact) mass is 242 g/mol. The quantitative estimate of drug-likeness (QED) is 0.722. The van der Waals surface area contributed by atoms with Gasteiger partial charge in [-0.2, -0.15) is 0 Å². The summed E-state index contributed by atoms with van der Waals surface area (Å²) in [6.45, 7) is 4.40. The zero-order valence-corrected chi connectivity index (χ0v) is 10.3. The number of nitrogens with zero attached hydrogens (tertiary/aromatic N) is 2. The molecule has 0 saturated heterocycles. The van der Waals surface area contributed by atoms with Crippen molar-refractivity contribution in [2.24, 2.45) is 5.73 Å². The first-order valence-corrected chi connectivity index (χ1v) is 5.81. The van der Waals surface area contributed by atoms with E-state index >= 15 is 0 Å². The summed E-state index contributed by atoms with van der Waals surface area (Å²) >= 11 is 0. The van der Waals surface area contributed by atoms with Crippen molar-refractivity contribution in [1.29, 1.82) is 0 Å². The molecule has 0 amide bonds. The Labute approximate surface area is 104 Å². The fraction of sp³-hybridized carbons (Fsp3) is 0.231. The van der Waals surface area contributed by atoms with Crippen LogP contribution in [0, 0.1) is 13.8 Å². The number of hydrogen-bond donors (Lipinski definition) is 2. The van der Waals surface area contributed by atoms with Gasteiger partial charge in [-0.25, -0.2) is 4.63 Å². The Bertz CT molecular complexity index is 711. The van der Waals surface area contributed by atoms with Gasteiger partial charge in [-0.3, -0.25) is 0 Å². The highest BCUT2D eigenvalue weighted by atomic mass is 16.6. The molecule has 0 saturated carbocycles. The predicted octanol–water partition coefficient (Wildman–Crippen LogP) is 2.29. The molecule has 0 aliphatic heterocycles. The first-order chi connectivity index (χ1) is 8.70. The standard InChI is InChI=1S/C13H14N4O/c1-7-3-4-9-10(5-7)15-8(2)12(9)13-11(6-14)16-18-17-13/h3-5,15H,6,14H2,1-2H3. The molecule has 3 aromatic rings. The van der Waals surface area contributed by atoms with Gasteiger partial charge in [-0.1, -0.05) is 17.3 Å². The molecule has 92 valence electrons. The molecule has 0 atom stereocenters. The van der Waals surface area contributed by atoms with E-state index in [0.717, 1.165) is 27.9 Å². The van der Waals surface area contributed by atoms with Gasteiger partial charge in [0.2, 0.25) is 0 Å². The van der Waals surface area contributed by atoms with Gasteiger partial charge in [-0.15, -0.1) is 0 Å². The van der Waals surface area contributed by atoms with Crippen LogP contribution >= 0.6 is 0 Å². The Morgan fingerprint density at radius 1 is 1.28 bits per heavy atom. The van der Waals surface area contributed by atoms with Crippen molar-refractivity contribution >= 4 is 10.9 Å². The van der Waals surface area contributed by atoms with Gasteiger partial charge in [0.15, 0.2) is 0 Å². The molecular weight excluding hydrogens is 228 g/mol. The van der Waals surface area contributed by atoms with Gasteiger partial charge in [0, 0.05) is 28.7 Å². The van der Waals surface area contributed by atoms with Crippen LogP contribution in [0.1, 0.15) is 17.0 Å². The van der Waals surface area contributed by atoms with E-state index in [9.17, 15) is 0 Å². The number of hydrogen-bond acceptors (Lipinski definition) is 4. The van der Waals surface area contributed by atoms with Crippen LogP contribution < -0.4 is 5.73 Å². The predicted molar refractivity (Wildman–Crippen MR) is 69.0 cm³/mol. The number of fused-ring (bicyclic) bond motifs is 1. The zero-order chi connectivity index (χ0) is 12.7. The van der Waals surface area contributed by atoms with Gasteiger partial charge in [0.05, 0.1) is 0 Å². The molecule has 1 aromatic carbocycles. The van der Waals surface area contributed by atoms with Gasteiger partial charge in [0.25, 0.3) is 0 Å². The Kier molecular flexibility index (Phi) is 2.41. The van der Waals surface area contributed by atoms with Gasteiger partial charge >= 0.3 is 0 Å². The Balaban J connectivity index is 2.32. The minimum absolute atomic E-state index is 0.316. The lowest BCUT2D eigenvalue weighted by Gasteiger charge is -1.98. The highest BCUT2D eigenvalue weighted by molar-refractivity contribution is 5.97. The second-order valence-electron chi connectivity index (χ2n) is 4.44. The smallest absolute Gasteiger partial charge is 0.142 e. The second-order valence-corrected chi connectivity index (χ2v) is 4.44. The van der Waals surface area contributed by atoms with Crippen LogP contribution in [0.4, 0.5) is 0 Å². The van der Waals surface area contributed by atoms with Crippen molar-refractivity contribution in [2.75, 3.05) is 0 Å². The fourth-order valence-corrected chi connectivity index (χ4v) is 2.28. The van der Waals surface area contributed by atoms with Gasteiger partial charge < -0.3 is 10.7 Å². The topological polar surface area (TPSA) is 80.7 Å². The number of rotatable bonds is 2. The van der Waals surface area contributed by atoms with Crippen LogP contribution in [0.5, 0.6) is 0 Å². The SMILES string of the molecule is Cc1ccc2c(-c3nonc3CN)c(C)[nH]c2c1. The molecule has 2 aromatic heterocycles. The third-order valence-corrected chi connectivity index (χ3v) is 3.13. The second kappa shape index (κ2) is 3.96. The first-order valence-electron chi connectivity index (χ1n) is 5.81. The van der Waals surface area contributed by atoms with Gasteiger partial charge in [0.1, 0.15) is 11.4 Å². The number of benzene rings is 1. The molecule has 0 aliphatic rings. The van der Waals surface area contributed by atoms with Crippen molar-refractivity contribution in [1.82, 2.24) is 15.3 Å². The lowest BCUT2D eigenvalue weighted by atomic mass is 10.0. The van der Waals surface area contributed by atoms with E-state index in [1.807, 2.05) is 6.92 Å². The molecule has 3 rings (SSSR count). The molecule has 3 N–H and O–H groups in total. The normalized spacial score (nSPS) is 11.3. The van der Waals surface area contributed by atoms with Crippen LogP contribution in [0.3, 0.4) is 0 Å². The molecule has 0 unspecified atom stereocenters. The summed E-state index contributed by atoms with van der Waals surface area (Å²) in [5.41, 5.74) is 11.4. The summed E-state index contributed by atoms with van der Waals surface area (Å²) in [4.78, 5) is 3.36. The molecule has 0 aliphatic carbocycles. The highest BCUT2D eigenvalue weighted by Crippen LogP contribution is 2.32. The lowest BCUT2D eigenvalue weighted by molar-refractivity contribution is 0.304. The van der Waals surface area contributed by atoms with Crippen LogP contribution in [-0.4, -0.2) is 15.3 Å². The summed E-state index contributed by atoms with van der Waals surface area (Å²) in [6.07, 6.45) is 0. The minimum atomic E-state index is 0.316. The van der Waals surface area contributed by atoms with Crippen molar-refractivity contribution in [3.05, 3.63) is 35.2 Å². The third-order valence-electron chi connectivity index (χ3n) is 3.13. The minimum Gasteiger partial charge on any atom is -0.358 e. The molecule has 0 radical (unpaired) electrons. The number of aryl methyl sites for hydroxylation is 2. The largest absolute Gasteiger partial charge is 0.358 e. The number of H-pyrrole nitrogens is 1. The third kappa shape index (κ3) is 1.52. The van der Waals surface area contributed by atoms with Crippen LogP contribution in [-0.2, 0) is 6.54 Å². The van der Waals surface area contributed by atoms with Crippen LogP contribution in [0.25, 0.3) is 22.2 Å². The molecule has 5 heteroatoms. The van der Waals surface area contributed by atoms with E-state index in [1.165, 1.54) is 5.56 Å². The summed E-state index contributed by atoms with van der Waals surface area (Å²) < 4.78 is 4.79. The van der Waals surface area contributed by atoms with Crippen LogP contribution in [0.2, 0.25) is 0 Å². The maximum Gasteiger partial charge on any atom is 0.142 e. The van der Waals surface area contributed by atoms with Crippen LogP contribution in [0.15, 0.2) is 22.8 Å². The molecular formula is C13H14N4O. The van der Waals surface area contributed by atoms with E-state index in [2.05, 4.69) is 40.4 Å². The molecule has 2 heterocycles. The molecule has 0 bridgehead atoms. The van der Waals surface area contributed by atoms with Crippen molar-refractivity contribution < 1.29 is 4.63 Å². The van der Waals surface area contributed by atoms with E-state index in [1.54, 1.807) is 0 Å².